The van der Waals surface area contributed by atoms with Crippen LogP contribution in [0.15, 0.2) is 6.20 Å². The van der Waals surface area contributed by atoms with Gasteiger partial charge in [0.25, 0.3) is 5.91 Å². The zero-order valence-electron chi connectivity index (χ0n) is 11.7. The van der Waals surface area contributed by atoms with Gasteiger partial charge in [-0.15, -0.1) is 11.3 Å². The molecular weight excluding hydrogens is 262 g/mol. The average molecular weight is 283 g/mol. The van der Waals surface area contributed by atoms with Gasteiger partial charge in [-0.1, -0.05) is 0 Å². The normalized spacial score (nSPS) is 18.3. The predicted molar refractivity (Wildman–Crippen MR) is 75.2 cm³/mol. The van der Waals surface area contributed by atoms with E-state index in [2.05, 4.69) is 10.3 Å². The Morgan fingerprint density at radius 2 is 2.26 bits per heavy atom. The zero-order chi connectivity index (χ0) is 13.9. The van der Waals surface area contributed by atoms with Crippen molar-refractivity contribution in [3.8, 4) is 0 Å². The molecule has 0 spiro atoms. The van der Waals surface area contributed by atoms with Crippen LogP contribution < -0.4 is 5.32 Å². The molecule has 0 radical (unpaired) electrons. The second kappa shape index (κ2) is 5.98. The Morgan fingerprint density at radius 3 is 2.79 bits per heavy atom. The van der Waals surface area contributed by atoms with E-state index in [1.165, 1.54) is 0 Å². The topological polar surface area (TPSA) is 54.5 Å². The monoisotopic (exact) mass is 283 g/mol. The van der Waals surface area contributed by atoms with Crippen LogP contribution in [0.3, 0.4) is 0 Å². The summed E-state index contributed by atoms with van der Waals surface area (Å²) in [4.78, 5) is 19.7. The van der Waals surface area contributed by atoms with Crippen LogP contribution in [0.2, 0.25) is 0 Å². The summed E-state index contributed by atoms with van der Waals surface area (Å²) >= 11 is 1.63. The van der Waals surface area contributed by atoms with Crippen molar-refractivity contribution in [2.24, 2.45) is 0 Å². The average Bonchev–Trinajstić information content (AvgIpc) is 2.84. The SMILES string of the molecule is COC1(C(=O)N(C)Cc2cnc(C)s2)CCNCC1. The highest BCUT2D eigenvalue weighted by Gasteiger charge is 2.41. The minimum atomic E-state index is -0.653. The number of carbonyl (C=O) groups is 1. The van der Waals surface area contributed by atoms with E-state index in [1.54, 1.807) is 23.3 Å². The van der Waals surface area contributed by atoms with Crippen molar-refractivity contribution >= 4 is 17.2 Å². The molecule has 0 unspecified atom stereocenters. The number of carbonyl (C=O) groups excluding carboxylic acids is 1. The Kier molecular flexibility index (Phi) is 4.54. The summed E-state index contributed by atoms with van der Waals surface area (Å²) < 4.78 is 5.56. The fourth-order valence-corrected chi connectivity index (χ4v) is 3.32. The van der Waals surface area contributed by atoms with Crippen LogP contribution in [0.5, 0.6) is 0 Å². The molecule has 1 aliphatic heterocycles. The molecule has 6 heteroatoms. The van der Waals surface area contributed by atoms with E-state index in [1.807, 2.05) is 20.2 Å². The molecular formula is C13H21N3O2S. The van der Waals surface area contributed by atoms with Crippen molar-refractivity contribution < 1.29 is 9.53 Å². The maximum Gasteiger partial charge on any atom is 0.254 e. The number of aryl methyl sites for hydroxylation is 1. The van der Waals surface area contributed by atoms with Crippen molar-refractivity contribution in [1.82, 2.24) is 15.2 Å². The maximum atomic E-state index is 12.6. The van der Waals surface area contributed by atoms with E-state index in [9.17, 15) is 4.79 Å². The third-order valence-corrected chi connectivity index (χ3v) is 4.50. The van der Waals surface area contributed by atoms with Crippen molar-refractivity contribution in [2.75, 3.05) is 27.2 Å². The molecule has 19 heavy (non-hydrogen) atoms. The lowest BCUT2D eigenvalue weighted by Gasteiger charge is -2.37. The van der Waals surface area contributed by atoms with E-state index >= 15 is 0 Å². The number of nitrogens with zero attached hydrogens (tertiary/aromatic N) is 2. The van der Waals surface area contributed by atoms with E-state index in [0.29, 0.717) is 6.54 Å². The first-order chi connectivity index (χ1) is 9.07. The van der Waals surface area contributed by atoms with Gasteiger partial charge >= 0.3 is 0 Å². The molecule has 1 saturated heterocycles. The molecule has 2 heterocycles. The third-order valence-electron chi connectivity index (χ3n) is 3.60. The van der Waals surface area contributed by atoms with Gasteiger partial charge in [0.05, 0.1) is 11.6 Å². The van der Waals surface area contributed by atoms with Crippen LogP contribution in [0.4, 0.5) is 0 Å². The first-order valence-corrected chi connectivity index (χ1v) is 7.32. The Labute approximate surface area is 118 Å². The second-order valence-electron chi connectivity index (χ2n) is 4.96. The number of rotatable bonds is 4. The standard InChI is InChI=1S/C13H21N3O2S/c1-10-15-8-11(19-10)9-16(2)12(17)13(18-3)4-6-14-7-5-13/h8,14H,4-7,9H2,1-3H3. The smallest absolute Gasteiger partial charge is 0.254 e. The molecule has 1 aliphatic rings. The van der Waals surface area contributed by atoms with Crippen molar-refractivity contribution in [1.29, 1.82) is 0 Å². The molecule has 2 rings (SSSR count). The van der Waals surface area contributed by atoms with Gasteiger partial charge in [0.15, 0.2) is 0 Å². The molecule has 0 aliphatic carbocycles. The van der Waals surface area contributed by atoms with E-state index in [-0.39, 0.29) is 5.91 Å². The van der Waals surface area contributed by atoms with Crippen LogP contribution in [0.25, 0.3) is 0 Å². The second-order valence-corrected chi connectivity index (χ2v) is 6.27. The summed E-state index contributed by atoms with van der Waals surface area (Å²) in [6, 6.07) is 0. The number of thiazole rings is 1. The highest BCUT2D eigenvalue weighted by Crippen LogP contribution is 2.26. The predicted octanol–water partition coefficient (Wildman–Crippen LogP) is 1.18. The lowest BCUT2D eigenvalue weighted by molar-refractivity contribution is -0.157. The minimum absolute atomic E-state index is 0.0718. The number of piperidine rings is 1. The molecule has 5 nitrogen and oxygen atoms in total. The van der Waals surface area contributed by atoms with Crippen LogP contribution in [-0.4, -0.2) is 48.6 Å². The molecule has 1 aromatic rings. The minimum Gasteiger partial charge on any atom is -0.368 e. The molecule has 106 valence electrons. The van der Waals surface area contributed by atoms with Crippen LogP contribution >= 0.6 is 11.3 Å². The van der Waals surface area contributed by atoms with Crippen molar-refractivity contribution in [2.45, 2.75) is 31.9 Å². The van der Waals surface area contributed by atoms with Gasteiger partial charge in [0.2, 0.25) is 0 Å². The van der Waals surface area contributed by atoms with E-state index in [4.69, 9.17) is 4.74 Å². The lowest BCUT2D eigenvalue weighted by Crippen LogP contribution is -2.54. The Balaban J connectivity index is 2.04. The van der Waals surface area contributed by atoms with Gasteiger partial charge in [-0.25, -0.2) is 4.98 Å². The van der Waals surface area contributed by atoms with Gasteiger partial charge in [-0.2, -0.15) is 0 Å². The zero-order valence-corrected chi connectivity index (χ0v) is 12.5. The van der Waals surface area contributed by atoms with Crippen molar-refractivity contribution in [3.05, 3.63) is 16.1 Å². The summed E-state index contributed by atoms with van der Waals surface area (Å²) in [5.41, 5.74) is -0.653. The number of hydrogen-bond acceptors (Lipinski definition) is 5. The van der Waals surface area contributed by atoms with Gasteiger partial charge in [-0.05, 0) is 32.9 Å². The van der Waals surface area contributed by atoms with Gasteiger partial charge in [0.1, 0.15) is 5.60 Å². The molecule has 1 N–H and O–H groups in total. The third kappa shape index (κ3) is 3.13. The first-order valence-electron chi connectivity index (χ1n) is 6.50. The summed E-state index contributed by atoms with van der Waals surface area (Å²) in [5.74, 6) is 0.0718. The number of methoxy groups -OCH3 is 1. The van der Waals surface area contributed by atoms with Gasteiger partial charge in [-0.3, -0.25) is 4.79 Å². The quantitative estimate of drug-likeness (QED) is 0.901. The first kappa shape index (κ1) is 14.4. The fourth-order valence-electron chi connectivity index (χ4n) is 2.47. The molecule has 0 saturated carbocycles. The number of likely N-dealkylation sites (N-methyl/N-ethyl adjacent to an activating group) is 1. The van der Waals surface area contributed by atoms with Gasteiger partial charge < -0.3 is 15.0 Å². The molecule has 0 aromatic carbocycles. The summed E-state index contributed by atoms with van der Waals surface area (Å²) in [5, 5.41) is 4.29. The number of hydrogen-bond donors (Lipinski definition) is 1. The van der Waals surface area contributed by atoms with Crippen LogP contribution in [-0.2, 0) is 16.1 Å². The molecule has 0 bridgehead atoms. The number of aromatic nitrogens is 1. The highest BCUT2D eigenvalue weighted by atomic mass is 32.1. The highest BCUT2D eigenvalue weighted by molar-refractivity contribution is 7.11. The van der Waals surface area contributed by atoms with Crippen LogP contribution in [0.1, 0.15) is 22.7 Å². The summed E-state index contributed by atoms with van der Waals surface area (Å²) in [6.45, 7) is 4.22. The van der Waals surface area contributed by atoms with Gasteiger partial charge in [0, 0.05) is 25.2 Å². The van der Waals surface area contributed by atoms with E-state index in [0.717, 1.165) is 35.8 Å². The lowest BCUT2D eigenvalue weighted by atomic mass is 9.90. The largest absolute Gasteiger partial charge is 0.368 e. The Morgan fingerprint density at radius 1 is 1.58 bits per heavy atom. The maximum absolute atomic E-state index is 12.6. The molecule has 1 amide bonds. The molecule has 0 atom stereocenters. The van der Waals surface area contributed by atoms with Crippen molar-refractivity contribution in [3.63, 3.8) is 0 Å². The Bertz CT molecular complexity index is 441. The summed E-state index contributed by atoms with van der Waals surface area (Å²) in [7, 11) is 3.47. The number of ether oxygens (including phenoxy) is 1. The van der Waals surface area contributed by atoms with Crippen LogP contribution in [0, 0.1) is 6.92 Å². The number of amides is 1. The summed E-state index contributed by atoms with van der Waals surface area (Å²) in [6.07, 6.45) is 3.30. The molecule has 1 aromatic heterocycles. The Hall–Kier alpha value is -0.980. The molecule has 1 fully saturated rings. The van der Waals surface area contributed by atoms with E-state index < -0.39 is 5.60 Å². The fraction of sp³-hybridized carbons (Fsp3) is 0.692. The number of nitrogens with one attached hydrogen (secondary N) is 1.